The molecule has 2 nitrogen and oxygen atoms in total. The Morgan fingerprint density at radius 3 is 2.71 bits per heavy atom. The summed E-state index contributed by atoms with van der Waals surface area (Å²) in [5, 5.41) is 9.34. The van der Waals surface area contributed by atoms with E-state index in [-0.39, 0.29) is 17.0 Å². The Bertz CT molecular complexity index is 541. The molecular weight excluding hydrogens is 179 g/mol. The summed E-state index contributed by atoms with van der Waals surface area (Å²) in [5.74, 6) is -0.348. The molecule has 0 spiro atoms. The molecule has 0 amide bonds. The van der Waals surface area contributed by atoms with Crippen molar-refractivity contribution in [2.24, 2.45) is 0 Å². The first kappa shape index (κ1) is 8.64. The largest absolute Gasteiger partial charge is 0.234 e. The molecule has 1 aromatic carbocycles. The average Bonchev–Trinajstić information content (AvgIpc) is 2.23. The molecule has 0 aliphatic carbocycles. The highest BCUT2D eigenvalue weighted by atomic mass is 19.1. The Morgan fingerprint density at radius 2 is 2.00 bits per heavy atom. The maximum absolute atomic E-state index is 13.5. The van der Waals surface area contributed by atoms with Gasteiger partial charge in [-0.15, -0.1) is 0 Å². The maximum Gasteiger partial charge on any atom is 0.152 e. The minimum Gasteiger partial charge on any atom is -0.234 e. The number of fused-ring (bicyclic) bond motifs is 1. The van der Waals surface area contributed by atoms with Gasteiger partial charge in [0.25, 0.3) is 0 Å². The van der Waals surface area contributed by atoms with Crippen LogP contribution < -0.4 is 0 Å². The summed E-state index contributed by atoms with van der Waals surface area (Å²) in [6, 6.07) is 8.66. The van der Waals surface area contributed by atoms with Crippen LogP contribution in [0, 0.1) is 24.1 Å². The van der Waals surface area contributed by atoms with Crippen molar-refractivity contribution in [3.05, 3.63) is 41.3 Å². The number of hydrogen-bond donors (Lipinski definition) is 0. The second-order valence-corrected chi connectivity index (χ2v) is 3.08. The van der Waals surface area contributed by atoms with Crippen LogP contribution in [0.3, 0.4) is 0 Å². The lowest BCUT2D eigenvalue weighted by molar-refractivity contribution is 0.627. The molecular formula is C11H7FN2. The molecule has 0 unspecified atom stereocenters. The quantitative estimate of drug-likeness (QED) is 0.634. The summed E-state index contributed by atoms with van der Waals surface area (Å²) in [6.45, 7) is 1.68. The van der Waals surface area contributed by atoms with Gasteiger partial charge in [-0.05, 0) is 24.6 Å². The van der Waals surface area contributed by atoms with E-state index in [2.05, 4.69) is 4.98 Å². The van der Waals surface area contributed by atoms with Crippen molar-refractivity contribution >= 4 is 10.9 Å². The fourth-order valence-electron chi connectivity index (χ4n) is 1.32. The predicted molar refractivity (Wildman–Crippen MR) is 51.2 cm³/mol. The number of pyridine rings is 1. The van der Waals surface area contributed by atoms with E-state index in [1.807, 2.05) is 6.07 Å². The number of aryl methyl sites for hydroxylation is 1. The van der Waals surface area contributed by atoms with E-state index in [4.69, 9.17) is 5.26 Å². The van der Waals surface area contributed by atoms with Crippen LogP contribution in [0.5, 0.6) is 0 Å². The highest BCUT2D eigenvalue weighted by molar-refractivity contribution is 5.80. The number of halogens is 1. The van der Waals surface area contributed by atoms with Gasteiger partial charge >= 0.3 is 0 Å². The normalized spacial score (nSPS) is 10.1. The highest BCUT2D eigenvalue weighted by Crippen LogP contribution is 2.18. The van der Waals surface area contributed by atoms with E-state index in [1.165, 1.54) is 0 Å². The van der Waals surface area contributed by atoms with Gasteiger partial charge in [0, 0.05) is 5.39 Å². The monoisotopic (exact) mass is 186 g/mol. The first-order valence-electron chi connectivity index (χ1n) is 4.18. The lowest BCUT2D eigenvalue weighted by atomic mass is 10.1. The number of aromatic nitrogens is 1. The van der Waals surface area contributed by atoms with E-state index in [0.29, 0.717) is 10.9 Å². The van der Waals surface area contributed by atoms with E-state index < -0.39 is 0 Å². The molecule has 0 aliphatic rings. The fourth-order valence-corrected chi connectivity index (χ4v) is 1.32. The Morgan fingerprint density at radius 1 is 1.29 bits per heavy atom. The van der Waals surface area contributed by atoms with Crippen LogP contribution in [0.25, 0.3) is 10.9 Å². The van der Waals surface area contributed by atoms with Gasteiger partial charge in [0.05, 0.1) is 0 Å². The first-order valence-corrected chi connectivity index (χ1v) is 4.18. The van der Waals surface area contributed by atoms with E-state index >= 15 is 0 Å². The van der Waals surface area contributed by atoms with Crippen molar-refractivity contribution in [3.63, 3.8) is 0 Å². The molecule has 1 aromatic heterocycles. The third kappa shape index (κ3) is 1.21. The molecule has 0 bridgehead atoms. The van der Waals surface area contributed by atoms with Crippen molar-refractivity contribution in [1.82, 2.24) is 4.98 Å². The van der Waals surface area contributed by atoms with Gasteiger partial charge in [-0.2, -0.15) is 5.26 Å². The molecule has 0 N–H and O–H groups in total. The van der Waals surface area contributed by atoms with Crippen LogP contribution in [-0.2, 0) is 0 Å². The second kappa shape index (κ2) is 3.08. The highest BCUT2D eigenvalue weighted by Gasteiger charge is 2.05. The number of nitrogens with zero attached hydrogens (tertiary/aromatic N) is 2. The Balaban J connectivity index is 2.86. The minimum absolute atomic E-state index is 0.238. The van der Waals surface area contributed by atoms with E-state index in [1.54, 1.807) is 31.2 Å². The van der Waals surface area contributed by atoms with Gasteiger partial charge in [0.2, 0.25) is 0 Å². The molecule has 1 heterocycles. The summed E-state index contributed by atoms with van der Waals surface area (Å²) in [7, 11) is 0. The smallest absolute Gasteiger partial charge is 0.152 e. The third-order valence-electron chi connectivity index (χ3n) is 2.11. The number of nitriles is 1. The molecule has 0 saturated heterocycles. The lowest BCUT2D eigenvalue weighted by Gasteiger charge is -2.01. The van der Waals surface area contributed by atoms with Crippen molar-refractivity contribution in [1.29, 1.82) is 5.26 Å². The van der Waals surface area contributed by atoms with Crippen LogP contribution in [0.2, 0.25) is 0 Å². The Labute approximate surface area is 80.6 Å². The zero-order valence-corrected chi connectivity index (χ0v) is 7.58. The molecule has 0 fully saturated rings. The summed E-state index contributed by atoms with van der Waals surface area (Å²) < 4.78 is 13.5. The van der Waals surface area contributed by atoms with Crippen LogP contribution in [0.1, 0.15) is 11.3 Å². The second-order valence-electron chi connectivity index (χ2n) is 3.08. The molecule has 0 aliphatic heterocycles. The third-order valence-corrected chi connectivity index (χ3v) is 2.11. The molecule has 0 saturated carbocycles. The summed E-state index contributed by atoms with van der Waals surface area (Å²) >= 11 is 0. The average molecular weight is 186 g/mol. The SMILES string of the molecule is Cc1ccc2ccc(C#N)nc2c1F. The minimum atomic E-state index is -0.348. The molecule has 14 heavy (non-hydrogen) atoms. The molecule has 0 radical (unpaired) electrons. The van der Waals surface area contributed by atoms with Crippen LogP contribution in [-0.4, -0.2) is 4.98 Å². The molecule has 3 heteroatoms. The Hall–Kier alpha value is -1.95. The fraction of sp³-hybridized carbons (Fsp3) is 0.0909. The first-order chi connectivity index (χ1) is 6.72. The maximum atomic E-state index is 13.5. The zero-order chi connectivity index (χ0) is 10.1. The molecule has 0 atom stereocenters. The lowest BCUT2D eigenvalue weighted by Crippen LogP contribution is -1.90. The predicted octanol–water partition coefficient (Wildman–Crippen LogP) is 2.55. The molecule has 2 aromatic rings. The van der Waals surface area contributed by atoms with Gasteiger partial charge in [0.15, 0.2) is 5.82 Å². The van der Waals surface area contributed by atoms with Crippen LogP contribution in [0.15, 0.2) is 24.3 Å². The zero-order valence-electron chi connectivity index (χ0n) is 7.58. The van der Waals surface area contributed by atoms with Crippen LogP contribution in [0.4, 0.5) is 4.39 Å². The van der Waals surface area contributed by atoms with Gasteiger partial charge in [-0.1, -0.05) is 12.1 Å². The summed E-state index contributed by atoms with van der Waals surface area (Å²) in [5.41, 5.74) is 1.05. The van der Waals surface area contributed by atoms with Crippen LogP contribution >= 0.6 is 0 Å². The van der Waals surface area contributed by atoms with Gasteiger partial charge in [-0.25, -0.2) is 9.37 Å². The van der Waals surface area contributed by atoms with E-state index in [9.17, 15) is 4.39 Å². The number of hydrogen-bond acceptors (Lipinski definition) is 2. The molecule has 2 rings (SSSR count). The van der Waals surface area contributed by atoms with E-state index in [0.717, 1.165) is 0 Å². The molecule has 68 valence electrons. The topological polar surface area (TPSA) is 36.7 Å². The summed E-state index contributed by atoms with van der Waals surface area (Å²) in [4.78, 5) is 3.92. The number of rotatable bonds is 0. The van der Waals surface area contributed by atoms with Crippen molar-refractivity contribution < 1.29 is 4.39 Å². The number of benzene rings is 1. The van der Waals surface area contributed by atoms with Crippen molar-refractivity contribution in [3.8, 4) is 6.07 Å². The van der Waals surface area contributed by atoms with Gasteiger partial charge in [0.1, 0.15) is 17.3 Å². The van der Waals surface area contributed by atoms with Gasteiger partial charge in [-0.3, -0.25) is 0 Å². The van der Waals surface area contributed by atoms with Crippen molar-refractivity contribution in [2.75, 3.05) is 0 Å². The Kier molecular flexibility index (Phi) is 1.90. The van der Waals surface area contributed by atoms with Gasteiger partial charge < -0.3 is 0 Å². The summed E-state index contributed by atoms with van der Waals surface area (Å²) in [6.07, 6.45) is 0. The standard InChI is InChI=1S/C11H7FN2/c1-7-2-3-8-4-5-9(6-13)14-11(8)10(7)12/h2-5H,1H3. The van der Waals surface area contributed by atoms with Crippen molar-refractivity contribution in [2.45, 2.75) is 6.92 Å².